The van der Waals surface area contributed by atoms with E-state index in [1.807, 2.05) is 0 Å². The minimum atomic E-state index is -0.330. The van der Waals surface area contributed by atoms with Crippen LogP contribution in [0.5, 0.6) is 0 Å². The van der Waals surface area contributed by atoms with Crippen molar-refractivity contribution in [2.24, 2.45) is 0 Å². The van der Waals surface area contributed by atoms with Crippen LogP contribution in [0.1, 0.15) is 33.4 Å². The largest absolute Gasteiger partial charge is 0.309 e. The molecular weight excluding hydrogens is 831 g/mol. The average molecular weight is 874 g/mol. The van der Waals surface area contributed by atoms with E-state index >= 15 is 0 Å². The van der Waals surface area contributed by atoms with E-state index in [0.29, 0.717) is 0 Å². The van der Waals surface area contributed by atoms with Gasteiger partial charge in [-0.05, 0) is 172 Å². The molecule has 12 aromatic rings. The lowest BCUT2D eigenvalue weighted by molar-refractivity contribution is 0.793. The van der Waals surface area contributed by atoms with Gasteiger partial charge in [0.05, 0.1) is 16.4 Å². The molecule has 0 N–H and O–H groups in total. The topological polar surface area (TPSA) is 4.93 Å². The molecule has 15 rings (SSSR count). The van der Waals surface area contributed by atoms with Crippen LogP contribution in [-0.2, 0) is 11.8 Å². The molecule has 0 aliphatic heterocycles. The Morgan fingerprint density at radius 3 is 1.54 bits per heavy atom. The first-order chi connectivity index (χ1) is 34.2. The van der Waals surface area contributed by atoms with Gasteiger partial charge in [0.25, 0.3) is 0 Å². The van der Waals surface area contributed by atoms with Crippen molar-refractivity contribution < 1.29 is 0 Å². The molecule has 1 nitrogen and oxygen atoms in total. The monoisotopic (exact) mass is 873 g/mol. The number of para-hydroxylation sites is 1. The molecule has 69 heavy (non-hydrogen) atoms. The second-order valence-electron chi connectivity index (χ2n) is 19.1. The predicted octanol–water partition coefficient (Wildman–Crippen LogP) is 17.4. The van der Waals surface area contributed by atoms with Crippen molar-refractivity contribution in [3.8, 4) is 83.6 Å². The van der Waals surface area contributed by atoms with Crippen LogP contribution in [0.15, 0.2) is 249 Å². The lowest BCUT2D eigenvalue weighted by atomic mass is 9.70. The van der Waals surface area contributed by atoms with E-state index < -0.39 is 0 Å². The Balaban J connectivity index is 0.838. The van der Waals surface area contributed by atoms with Crippen LogP contribution in [-0.4, -0.2) is 4.57 Å². The van der Waals surface area contributed by atoms with Gasteiger partial charge in [-0.15, -0.1) is 0 Å². The van der Waals surface area contributed by atoms with Crippen LogP contribution in [0.3, 0.4) is 0 Å². The first kappa shape index (κ1) is 38.3. The minimum absolute atomic E-state index is 0.330. The third kappa shape index (κ3) is 5.47. The molecule has 1 heterocycles. The summed E-state index contributed by atoms with van der Waals surface area (Å²) in [4.78, 5) is 0. The summed E-state index contributed by atoms with van der Waals surface area (Å²) in [5.41, 5.74) is 29.6. The number of fused-ring (bicyclic) bond motifs is 17. The predicted molar refractivity (Wildman–Crippen MR) is 287 cm³/mol. The summed E-state index contributed by atoms with van der Waals surface area (Å²) in [6.45, 7) is 0. The van der Waals surface area contributed by atoms with Crippen molar-refractivity contribution in [2.75, 3.05) is 0 Å². The molecule has 1 heteroatoms. The maximum atomic E-state index is 2.47. The second-order valence-corrected chi connectivity index (χ2v) is 19.1. The number of nitrogens with zero attached hydrogens (tertiary/aromatic N) is 1. The van der Waals surface area contributed by atoms with Gasteiger partial charge in [0.2, 0.25) is 0 Å². The molecule has 0 amide bonds. The van der Waals surface area contributed by atoms with Crippen molar-refractivity contribution in [3.05, 3.63) is 282 Å². The minimum Gasteiger partial charge on any atom is -0.309 e. The molecule has 0 saturated carbocycles. The number of aromatic nitrogens is 1. The standard InChI is InChI=1S/C68H43N/c1-3-16-43(17-4-1)49-36-50(44-18-5-2-6-19-44)38-51(37-49)45-20-15-21-52(39-45)69-65-29-14-10-24-56(65)59-41-47(32-35-66(59)69)46-30-31-48-42-60-53(58(48)40-46)33-34-64-67(60)57-25-9-13-28-63(57)68(64)61-26-11-7-22-54(61)55-23-8-12-27-62(55)68/h1-41H,42H2. The van der Waals surface area contributed by atoms with E-state index in [0.717, 1.165) is 12.1 Å². The fourth-order valence-corrected chi connectivity index (χ4v) is 12.7. The van der Waals surface area contributed by atoms with Crippen LogP contribution >= 0.6 is 0 Å². The van der Waals surface area contributed by atoms with Crippen LogP contribution in [0.2, 0.25) is 0 Å². The van der Waals surface area contributed by atoms with Gasteiger partial charge in [-0.3, -0.25) is 0 Å². The molecule has 3 aliphatic carbocycles. The fourth-order valence-electron chi connectivity index (χ4n) is 12.7. The molecule has 0 atom stereocenters. The van der Waals surface area contributed by atoms with Gasteiger partial charge in [-0.1, -0.05) is 194 Å². The summed E-state index contributed by atoms with van der Waals surface area (Å²) >= 11 is 0. The van der Waals surface area contributed by atoms with Gasteiger partial charge < -0.3 is 4.57 Å². The molecular formula is C68H43N. The molecule has 0 bridgehead atoms. The van der Waals surface area contributed by atoms with Gasteiger partial charge in [-0.2, -0.15) is 0 Å². The maximum absolute atomic E-state index is 2.47. The molecule has 0 radical (unpaired) electrons. The van der Waals surface area contributed by atoms with E-state index in [2.05, 4.69) is 253 Å². The lowest BCUT2D eigenvalue weighted by Gasteiger charge is -2.30. The van der Waals surface area contributed by atoms with Crippen molar-refractivity contribution in [1.29, 1.82) is 0 Å². The van der Waals surface area contributed by atoms with E-state index in [-0.39, 0.29) is 5.41 Å². The smallest absolute Gasteiger partial charge is 0.0725 e. The highest BCUT2D eigenvalue weighted by Gasteiger charge is 2.52. The summed E-state index contributed by atoms with van der Waals surface area (Å²) in [5.74, 6) is 0. The molecule has 1 aromatic heterocycles. The van der Waals surface area contributed by atoms with E-state index in [9.17, 15) is 0 Å². The van der Waals surface area contributed by atoms with Crippen LogP contribution in [0.25, 0.3) is 105 Å². The summed E-state index contributed by atoms with van der Waals surface area (Å²) in [6, 6.07) is 93.0. The highest BCUT2D eigenvalue weighted by molar-refractivity contribution is 6.11. The van der Waals surface area contributed by atoms with Crippen molar-refractivity contribution in [1.82, 2.24) is 4.57 Å². The molecule has 3 aliphatic rings. The Morgan fingerprint density at radius 1 is 0.290 bits per heavy atom. The Kier molecular flexibility index (Phi) is 8.12. The normalized spacial score (nSPS) is 13.3. The van der Waals surface area contributed by atoms with Gasteiger partial charge in [0.1, 0.15) is 0 Å². The number of hydrogen-bond acceptors (Lipinski definition) is 0. The zero-order chi connectivity index (χ0) is 45.2. The molecule has 0 fully saturated rings. The molecule has 1 spiro atoms. The van der Waals surface area contributed by atoms with Crippen molar-refractivity contribution in [3.63, 3.8) is 0 Å². The van der Waals surface area contributed by atoms with E-state index in [1.165, 1.54) is 133 Å². The van der Waals surface area contributed by atoms with Crippen LogP contribution in [0, 0.1) is 0 Å². The Labute approximate surface area is 401 Å². The van der Waals surface area contributed by atoms with Gasteiger partial charge in [0.15, 0.2) is 0 Å². The average Bonchev–Trinajstić information content (AvgIpc) is 4.15. The maximum Gasteiger partial charge on any atom is 0.0725 e. The summed E-state index contributed by atoms with van der Waals surface area (Å²) in [5, 5.41) is 2.51. The Morgan fingerprint density at radius 2 is 0.826 bits per heavy atom. The fraction of sp³-hybridized carbons (Fsp3) is 0.0294. The molecule has 0 saturated heterocycles. The zero-order valence-corrected chi connectivity index (χ0v) is 37.8. The van der Waals surface area contributed by atoms with Crippen molar-refractivity contribution >= 4 is 21.8 Å². The van der Waals surface area contributed by atoms with Gasteiger partial charge in [0, 0.05) is 16.5 Å². The zero-order valence-electron chi connectivity index (χ0n) is 37.8. The number of hydrogen-bond donors (Lipinski definition) is 0. The molecule has 11 aromatic carbocycles. The van der Waals surface area contributed by atoms with Crippen LogP contribution < -0.4 is 0 Å². The highest BCUT2D eigenvalue weighted by Crippen LogP contribution is 2.64. The summed E-state index contributed by atoms with van der Waals surface area (Å²) < 4.78 is 2.45. The summed E-state index contributed by atoms with van der Waals surface area (Å²) in [7, 11) is 0. The molecule has 320 valence electrons. The third-order valence-electron chi connectivity index (χ3n) is 15.6. The first-order valence-corrected chi connectivity index (χ1v) is 24.2. The lowest BCUT2D eigenvalue weighted by Crippen LogP contribution is -2.25. The third-order valence-corrected chi connectivity index (χ3v) is 15.6. The van der Waals surface area contributed by atoms with Gasteiger partial charge in [-0.25, -0.2) is 0 Å². The first-order valence-electron chi connectivity index (χ1n) is 24.2. The SMILES string of the molecule is c1ccc(-c2cc(-c3ccccc3)cc(-c3cccc(-n4c5ccccc5c5cc(-c6ccc7c(c6)-c6ccc8c(c6C7)-c6ccccc6C86c7ccccc7-c7ccccc76)ccc54)c3)c2)cc1. The highest BCUT2D eigenvalue weighted by atomic mass is 15.0. The Hall–Kier alpha value is -8.78. The van der Waals surface area contributed by atoms with Crippen molar-refractivity contribution in [2.45, 2.75) is 11.8 Å². The molecule has 0 unspecified atom stereocenters. The van der Waals surface area contributed by atoms with Gasteiger partial charge >= 0.3 is 0 Å². The number of rotatable bonds is 5. The summed E-state index contributed by atoms with van der Waals surface area (Å²) in [6.07, 6.45) is 0.928. The van der Waals surface area contributed by atoms with E-state index in [1.54, 1.807) is 0 Å². The number of benzene rings is 11. The van der Waals surface area contributed by atoms with Crippen LogP contribution in [0.4, 0.5) is 0 Å². The Bertz CT molecular complexity index is 3990. The quantitative estimate of drug-likeness (QED) is 0.162. The van der Waals surface area contributed by atoms with E-state index in [4.69, 9.17) is 0 Å². The second kappa shape index (κ2) is 14.6.